The molecule has 1 N–H and O–H groups in total. The number of nitrogens with zero attached hydrogens (tertiary/aromatic N) is 2. The highest BCUT2D eigenvalue weighted by molar-refractivity contribution is 9.10. The lowest BCUT2D eigenvalue weighted by molar-refractivity contribution is 0.500. The lowest BCUT2D eigenvalue weighted by Crippen LogP contribution is -2.23. The second-order valence-corrected chi connectivity index (χ2v) is 8.52. The van der Waals surface area contributed by atoms with Gasteiger partial charge in [0.1, 0.15) is 11.5 Å². The molecular weight excluding hydrogens is 410 g/mol. The molecule has 0 aliphatic carbocycles. The third kappa shape index (κ3) is 3.07. The quantitative estimate of drug-likeness (QED) is 0.691. The Morgan fingerprint density at radius 2 is 1.72 bits per heavy atom. The van der Waals surface area contributed by atoms with E-state index in [1.807, 2.05) is 6.92 Å². The highest BCUT2D eigenvalue weighted by atomic mass is 79.9. The SMILES string of the molecule is Cc1cc(CNS(=O)(=O)c2cc3c(cc2Br)n(C)c(=O)n3C)c(C)o1. The van der Waals surface area contributed by atoms with Crippen molar-refractivity contribution in [3.63, 3.8) is 0 Å². The molecule has 3 rings (SSSR count). The van der Waals surface area contributed by atoms with Crippen LogP contribution >= 0.6 is 15.9 Å². The Kier molecular flexibility index (Phi) is 4.42. The average molecular weight is 428 g/mol. The number of sulfonamides is 1. The van der Waals surface area contributed by atoms with Gasteiger partial charge in [-0.2, -0.15) is 0 Å². The minimum Gasteiger partial charge on any atom is -0.466 e. The predicted octanol–water partition coefficient (Wildman–Crippen LogP) is 2.33. The van der Waals surface area contributed by atoms with Gasteiger partial charge in [0.2, 0.25) is 10.0 Å². The Balaban J connectivity index is 2.02. The first kappa shape index (κ1) is 18.0. The molecule has 0 saturated heterocycles. The smallest absolute Gasteiger partial charge is 0.328 e. The van der Waals surface area contributed by atoms with Gasteiger partial charge in [-0.25, -0.2) is 17.9 Å². The van der Waals surface area contributed by atoms with Gasteiger partial charge in [-0.05, 0) is 48.0 Å². The van der Waals surface area contributed by atoms with Crippen molar-refractivity contribution in [3.8, 4) is 0 Å². The van der Waals surface area contributed by atoms with E-state index in [-0.39, 0.29) is 17.1 Å². The maximum atomic E-state index is 12.7. The summed E-state index contributed by atoms with van der Waals surface area (Å²) in [4.78, 5) is 12.1. The van der Waals surface area contributed by atoms with E-state index >= 15 is 0 Å². The number of benzene rings is 1. The van der Waals surface area contributed by atoms with Crippen LogP contribution in [-0.2, 0) is 30.7 Å². The Hall–Kier alpha value is -1.84. The van der Waals surface area contributed by atoms with Gasteiger partial charge in [-0.15, -0.1) is 0 Å². The summed E-state index contributed by atoms with van der Waals surface area (Å²) < 4.78 is 36.7. The number of fused-ring (bicyclic) bond motifs is 1. The van der Waals surface area contributed by atoms with Crippen LogP contribution in [0.3, 0.4) is 0 Å². The minimum absolute atomic E-state index is 0.0825. The molecule has 0 radical (unpaired) electrons. The number of nitrogens with one attached hydrogen (secondary N) is 1. The van der Waals surface area contributed by atoms with Gasteiger partial charge in [0.15, 0.2) is 0 Å². The summed E-state index contributed by atoms with van der Waals surface area (Å²) in [6.07, 6.45) is 0. The van der Waals surface area contributed by atoms with Gasteiger partial charge >= 0.3 is 5.69 Å². The molecule has 2 heterocycles. The minimum atomic E-state index is -3.77. The largest absolute Gasteiger partial charge is 0.466 e. The van der Waals surface area contributed by atoms with Crippen LogP contribution in [0.5, 0.6) is 0 Å². The fourth-order valence-electron chi connectivity index (χ4n) is 2.82. The van der Waals surface area contributed by atoms with E-state index in [9.17, 15) is 13.2 Å². The van der Waals surface area contributed by atoms with Crippen molar-refractivity contribution in [3.05, 3.63) is 50.2 Å². The van der Waals surface area contributed by atoms with E-state index in [0.717, 1.165) is 11.3 Å². The van der Waals surface area contributed by atoms with Crippen LogP contribution in [-0.4, -0.2) is 17.6 Å². The molecule has 0 aliphatic rings. The first-order valence-corrected chi connectivity index (χ1v) is 9.80. The highest BCUT2D eigenvalue weighted by Crippen LogP contribution is 2.27. The zero-order valence-electron chi connectivity index (χ0n) is 14.3. The molecule has 2 aromatic heterocycles. The molecule has 0 atom stereocenters. The molecule has 0 saturated carbocycles. The van der Waals surface area contributed by atoms with Crippen LogP contribution in [0, 0.1) is 13.8 Å². The van der Waals surface area contributed by atoms with Gasteiger partial charge in [0.25, 0.3) is 0 Å². The van der Waals surface area contributed by atoms with Crippen LogP contribution in [0.15, 0.2) is 36.8 Å². The Bertz CT molecular complexity index is 1140. The third-order valence-corrected chi connectivity index (χ3v) is 6.57. The fourth-order valence-corrected chi connectivity index (χ4v) is 4.87. The second-order valence-electron chi connectivity index (χ2n) is 5.93. The molecule has 0 spiro atoms. The maximum absolute atomic E-state index is 12.7. The molecule has 25 heavy (non-hydrogen) atoms. The Labute approximate surface area is 153 Å². The Morgan fingerprint density at radius 1 is 1.12 bits per heavy atom. The highest BCUT2D eigenvalue weighted by Gasteiger charge is 2.21. The topological polar surface area (TPSA) is 86.2 Å². The maximum Gasteiger partial charge on any atom is 0.328 e. The van der Waals surface area contributed by atoms with Crippen molar-refractivity contribution in [1.82, 2.24) is 13.9 Å². The molecule has 0 aliphatic heterocycles. The Morgan fingerprint density at radius 3 is 2.28 bits per heavy atom. The lowest BCUT2D eigenvalue weighted by atomic mass is 10.2. The number of furan rings is 1. The molecule has 9 heteroatoms. The van der Waals surface area contributed by atoms with Gasteiger partial charge in [-0.3, -0.25) is 9.13 Å². The average Bonchev–Trinajstić information content (AvgIpc) is 2.97. The summed E-state index contributed by atoms with van der Waals surface area (Å²) in [6, 6.07) is 4.94. The predicted molar refractivity (Wildman–Crippen MR) is 98.1 cm³/mol. The third-order valence-electron chi connectivity index (χ3n) is 4.21. The molecule has 0 bridgehead atoms. The molecule has 0 amide bonds. The summed E-state index contributed by atoms with van der Waals surface area (Å²) in [6.45, 7) is 3.73. The summed E-state index contributed by atoms with van der Waals surface area (Å²) >= 11 is 3.30. The first-order chi connectivity index (χ1) is 11.6. The standard InChI is InChI=1S/C16H18BrN3O4S/c1-9-5-11(10(2)24-9)8-18-25(22,23)15-7-14-13(6-12(15)17)19(3)16(21)20(14)4/h5-7,18H,8H2,1-4H3. The van der Waals surface area contributed by atoms with Crippen LogP contribution in [0.2, 0.25) is 0 Å². The van der Waals surface area contributed by atoms with E-state index in [2.05, 4.69) is 20.7 Å². The van der Waals surface area contributed by atoms with Crippen molar-refractivity contribution in [2.75, 3.05) is 0 Å². The van der Waals surface area contributed by atoms with Crippen molar-refractivity contribution < 1.29 is 12.8 Å². The van der Waals surface area contributed by atoms with Crippen molar-refractivity contribution in [2.45, 2.75) is 25.3 Å². The van der Waals surface area contributed by atoms with Crippen LogP contribution < -0.4 is 10.4 Å². The number of aromatic nitrogens is 2. The molecule has 0 unspecified atom stereocenters. The summed E-state index contributed by atoms with van der Waals surface area (Å²) in [5.74, 6) is 1.41. The van der Waals surface area contributed by atoms with E-state index in [0.29, 0.717) is 21.3 Å². The van der Waals surface area contributed by atoms with E-state index in [4.69, 9.17) is 4.42 Å². The number of aryl methyl sites for hydroxylation is 4. The zero-order chi connectivity index (χ0) is 18.5. The van der Waals surface area contributed by atoms with E-state index < -0.39 is 10.0 Å². The molecule has 1 aromatic carbocycles. The molecule has 134 valence electrons. The monoisotopic (exact) mass is 427 g/mol. The van der Waals surface area contributed by atoms with Crippen molar-refractivity contribution in [1.29, 1.82) is 0 Å². The van der Waals surface area contributed by atoms with Gasteiger partial charge in [0, 0.05) is 30.7 Å². The molecular formula is C16H18BrN3O4S. The zero-order valence-corrected chi connectivity index (χ0v) is 16.7. The van der Waals surface area contributed by atoms with Gasteiger partial charge in [-0.1, -0.05) is 0 Å². The number of halogens is 1. The number of rotatable bonds is 4. The number of hydrogen-bond acceptors (Lipinski definition) is 4. The van der Waals surface area contributed by atoms with Gasteiger partial charge in [0.05, 0.1) is 15.9 Å². The summed E-state index contributed by atoms with van der Waals surface area (Å²) in [7, 11) is -0.514. The van der Waals surface area contributed by atoms with Crippen molar-refractivity contribution in [2.24, 2.45) is 14.1 Å². The van der Waals surface area contributed by atoms with E-state index in [1.54, 1.807) is 33.2 Å². The van der Waals surface area contributed by atoms with Crippen LogP contribution in [0.1, 0.15) is 17.1 Å². The molecule has 7 nitrogen and oxygen atoms in total. The number of imidazole rings is 1. The first-order valence-electron chi connectivity index (χ1n) is 7.52. The lowest BCUT2D eigenvalue weighted by Gasteiger charge is -2.09. The van der Waals surface area contributed by atoms with Gasteiger partial charge < -0.3 is 4.42 Å². The van der Waals surface area contributed by atoms with Crippen LogP contribution in [0.25, 0.3) is 11.0 Å². The normalized spacial score (nSPS) is 12.2. The van der Waals surface area contributed by atoms with Crippen LogP contribution in [0.4, 0.5) is 0 Å². The molecule has 0 fully saturated rings. The van der Waals surface area contributed by atoms with Crippen molar-refractivity contribution >= 4 is 37.0 Å². The number of hydrogen-bond donors (Lipinski definition) is 1. The second kappa shape index (κ2) is 6.15. The fraction of sp³-hybridized carbons (Fsp3) is 0.312. The summed E-state index contributed by atoms with van der Waals surface area (Å²) in [5.41, 5.74) is 1.77. The summed E-state index contributed by atoms with van der Waals surface area (Å²) in [5, 5.41) is 0. The van der Waals surface area contributed by atoms with E-state index in [1.165, 1.54) is 15.2 Å². The molecule has 3 aromatic rings.